The van der Waals surface area contributed by atoms with Gasteiger partial charge in [0.2, 0.25) is 5.91 Å². The zero-order valence-corrected chi connectivity index (χ0v) is 11.1. The second-order valence-electron chi connectivity index (χ2n) is 5.31. The number of nitrogens with zero attached hydrogens (tertiary/aromatic N) is 2. The number of rotatable bonds is 1. The third kappa shape index (κ3) is 1.48. The molecule has 1 fully saturated rings. The molecule has 98 valence electrons. The summed E-state index contributed by atoms with van der Waals surface area (Å²) in [5.41, 5.74) is 1.67. The van der Waals surface area contributed by atoms with Gasteiger partial charge in [0.25, 0.3) is 0 Å². The monoisotopic (exact) mass is 256 g/mol. The summed E-state index contributed by atoms with van der Waals surface area (Å²) in [6.45, 7) is 0. The fraction of sp³-hybridized carbons (Fsp3) is 0.467. The standard InChI is InChI=1S/C15H16N2O2/c1-17-14(18)8-13-12-7-11(19-2)4-3-10(12)5-6-15(13,17)9-16/h3-4,7,13H,5-6,8H2,1-2H3/t13-,15-/m1/s1. The van der Waals surface area contributed by atoms with Crippen molar-refractivity contribution in [3.63, 3.8) is 0 Å². The number of nitriles is 1. The molecule has 1 aliphatic carbocycles. The Kier molecular flexibility index (Phi) is 2.53. The number of aryl methyl sites for hydroxylation is 1. The highest BCUT2D eigenvalue weighted by Crippen LogP contribution is 2.49. The first-order valence-corrected chi connectivity index (χ1v) is 6.47. The molecule has 3 rings (SSSR count). The van der Waals surface area contributed by atoms with Gasteiger partial charge in [-0.2, -0.15) is 5.26 Å². The van der Waals surface area contributed by atoms with Gasteiger partial charge >= 0.3 is 0 Å². The van der Waals surface area contributed by atoms with Gasteiger partial charge in [-0.1, -0.05) is 6.07 Å². The Morgan fingerprint density at radius 1 is 1.53 bits per heavy atom. The van der Waals surface area contributed by atoms with Crippen molar-refractivity contribution in [2.45, 2.75) is 30.7 Å². The maximum absolute atomic E-state index is 12.0. The number of carbonyl (C=O) groups is 1. The summed E-state index contributed by atoms with van der Waals surface area (Å²) in [5.74, 6) is 0.811. The minimum absolute atomic E-state index is 0.0335. The quantitative estimate of drug-likeness (QED) is 0.770. The molecule has 0 unspecified atom stereocenters. The lowest BCUT2D eigenvalue weighted by molar-refractivity contribution is -0.128. The largest absolute Gasteiger partial charge is 0.497 e. The van der Waals surface area contributed by atoms with Crippen LogP contribution < -0.4 is 4.74 Å². The van der Waals surface area contributed by atoms with E-state index in [-0.39, 0.29) is 11.8 Å². The number of carbonyl (C=O) groups excluding carboxylic acids is 1. The molecular weight excluding hydrogens is 240 g/mol. The van der Waals surface area contributed by atoms with Crippen molar-refractivity contribution < 1.29 is 9.53 Å². The van der Waals surface area contributed by atoms with Crippen LogP contribution in [-0.4, -0.2) is 30.5 Å². The van der Waals surface area contributed by atoms with Gasteiger partial charge in [0.1, 0.15) is 11.3 Å². The average Bonchev–Trinajstić information content (AvgIpc) is 2.71. The van der Waals surface area contributed by atoms with E-state index in [9.17, 15) is 10.1 Å². The van der Waals surface area contributed by atoms with Gasteiger partial charge < -0.3 is 9.64 Å². The van der Waals surface area contributed by atoms with Crippen LogP contribution in [0.1, 0.15) is 29.9 Å². The SMILES string of the molecule is COc1ccc2c(c1)[C@H]1CC(=O)N(C)[C@@]1(C#N)CC2. The highest BCUT2D eigenvalue weighted by atomic mass is 16.5. The van der Waals surface area contributed by atoms with Crippen LogP contribution >= 0.6 is 0 Å². The lowest BCUT2D eigenvalue weighted by Gasteiger charge is -2.38. The van der Waals surface area contributed by atoms with Crippen LogP contribution in [-0.2, 0) is 11.2 Å². The first kappa shape index (κ1) is 12.0. The predicted molar refractivity (Wildman–Crippen MR) is 69.8 cm³/mol. The summed E-state index contributed by atoms with van der Waals surface area (Å²) in [4.78, 5) is 13.7. The Hall–Kier alpha value is -2.02. The first-order valence-electron chi connectivity index (χ1n) is 6.47. The van der Waals surface area contributed by atoms with Crippen LogP contribution in [0.4, 0.5) is 0 Å². The Labute approximate surface area is 112 Å². The molecule has 0 aromatic heterocycles. The van der Waals surface area contributed by atoms with Crippen LogP contribution in [0.3, 0.4) is 0 Å². The molecule has 1 saturated heterocycles. The molecule has 0 spiro atoms. The van der Waals surface area contributed by atoms with Crippen LogP contribution in [0.25, 0.3) is 0 Å². The van der Waals surface area contributed by atoms with Crippen LogP contribution in [0.15, 0.2) is 18.2 Å². The molecule has 1 heterocycles. The zero-order valence-electron chi connectivity index (χ0n) is 11.1. The maximum atomic E-state index is 12.0. The summed E-state index contributed by atoms with van der Waals surface area (Å²) in [6.07, 6.45) is 1.97. The van der Waals surface area contributed by atoms with Crippen molar-refractivity contribution in [1.29, 1.82) is 5.26 Å². The van der Waals surface area contributed by atoms with E-state index in [0.717, 1.165) is 24.2 Å². The van der Waals surface area contributed by atoms with Crippen molar-refractivity contribution in [1.82, 2.24) is 4.90 Å². The molecule has 4 nitrogen and oxygen atoms in total. The van der Waals surface area contributed by atoms with Gasteiger partial charge in [-0.3, -0.25) is 4.79 Å². The topological polar surface area (TPSA) is 53.3 Å². The van der Waals surface area contributed by atoms with Gasteiger partial charge in [0.15, 0.2) is 0 Å². The van der Waals surface area contributed by atoms with Gasteiger partial charge in [-0.05, 0) is 36.1 Å². The number of ether oxygens (including phenoxy) is 1. The molecule has 19 heavy (non-hydrogen) atoms. The van der Waals surface area contributed by atoms with Crippen molar-refractivity contribution in [2.24, 2.45) is 0 Å². The fourth-order valence-corrected chi connectivity index (χ4v) is 3.43. The smallest absolute Gasteiger partial charge is 0.224 e. The number of benzene rings is 1. The van der Waals surface area contributed by atoms with Crippen LogP contribution in [0, 0.1) is 11.3 Å². The number of hydrogen-bond donors (Lipinski definition) is 0. The van der Waals surface area contributed by atoms with E-state index in [0.29, 0.717) is 6.42 Å². The Balaban J connectivity index is 2.15. The molecule has 2 aliphatic rings. The van der Waals surface area contributed by atoms with Crippen molar-refractivity contribution in [3.05, 3.63) is 29.3 Å². The molecule has 0 bridgehead atoms. The highest BCUT2D eigenvalue weighted by Gasteiger charge is 2.54. The normalized spacial score (nSPS) is 28.6. The van der Waals surface area contributed by atoms with Crippen LogP contribution in [0.5, 0.6) is 5.75 Å². The second kappa shape index (κ2) is 3.99. The number of fused-ring (bicyclic) bond motifs is 3. The summed E-state index contributed by atoms with van der Waals surface area (Å²) in [6, 6.07) is 8.38. The van der Waals surface area contributed by atoms with E-state index >= 15 is 0 Å². The lowest BCUT2D eigenvalue weighted by atomic mass is 9.71. The summed E-state index contributed by atoms with van der Waals surface area (Å²) in [5, 5.41) is 9.62. The van der Waals surface area contributed by atoms with E-state index in [4.69, 9.17) is 4.74 Å². The molecule has 1 aliphatic heterocycles. The fourth-order valence-electron chi connectivity index (χ4n) is 3.43. The molecule has 0 radical (unpaired) electrons. The van der Waals surface area contributed by atoms with Crippen LogP contribution in [0.2, 0.25) is 0 Å². The molecular formula is C15H16N2O2. The van der Waals surface area contributed by atoms with E-state index in [1.807, 2.05) is 12.1 Å². The average molecular weight is 256 g/mol. The molecule has 1 aromatic rings. The molecule has 0 saturated carbocycles. The Morgan fingerprint density at radius 3 is 3.00 bits per heavy atom. The van der Waals surface area contributed by atoms with Gasteiger partial charge in [0, 0.05) is 19.4 Å². The minimum atomic E-state index is -0.670. The molecule has 2 atom stereocenters. The number of amides is 1. The zero-order chi connectivity index (χ0) is 13.6. The second-order valence-corrected chi connectivity index (χ2v) is 5.31. The van der Waals surface area contributed by atoms with E-state index in [1.54, 1.807) is 19.1 Å². The van der Waals surface area contributed by atoms with E-state index in [2.05, 4.69) is 12.1 Å². The highest BCUT2D eigenvalue weighted by molar-refractivity contribution is 5.83. The molecule has 1 amide bonds. The lowest BCUT2D eigenvalue weighted by Crippen LogP contribution is -2.47. The van der Waals surface area contributed by atoms with Gasteiger partial charge in [-0.25, -0.2) is 0 Å². The predicted octanol–water partition coefficient (Wildman–Crippen LogP) is 1.85. The number of likely N-dealkylation sites (tertiary alicyclic amines) is 1. The maximum Gasteiger partial charge on any atom is 0.224 e. The van der Waals surface area contributed by atoms with Crippen molar-refractivity contribution in [2.75, 3.05) is 14.2 Å². The number of hydrogen-bond acceptors (Lipinski definition) is 3. The van der Waals surface area contributed by atoms with E-state index < -0.39 is 5.54 Å². The van der Waals surface area contributed by atoms with Gasteiger partial charge in [-0.15, -0.1) is 0 Å². The van der Waals surface area contributed by atoms with Crippen molar-refractivity contribution >= 4 is 5.91 Å². The number of methoxy groups -OCH3 is 1. The number of likely N-dealkylation sites (N-methyl/N-ethyl adjacent to an activating group) is 1. The van der Waals surface area contributed by atoms with Crippen molar-refractivity contribution in [3.8, 4) is 11.8 Å². The Bertz CT molecular complexity index is 590. The third-order valence-corrected chi connectivity index (χ3v) is 4.63. The van der Waals surface area contributed by atoms with Gasteiger partial charge in [0.05, 0.1) is 13.2 Å². The minimum Gasteiger partial charge on any atom is -0.497 e. The summed E-state index contributed by atoms with van der Waals surface area (Å²) >= 11 is 0. The summed E-state index contributed by atoms with van der Waals surface area (Å²) in [7, 11) is 3.38. The molecule has 4 heteroatoms. The Morgan fingerprint density at radius 2 is 2.32 bits per heavy atom. The molecule has 0 N–H and O–H groups in total. The third-order valence-electron chi connectivity index (χ3n) is 4.63. The van der Waals surface area contributed by atoms with E-state index in [1.165, 1.54) is 5.56 Å². The first-order chi connectivity index (χ1) is 9.12. The summed E-state index contributed by atoms with van der Waals surface area (Å²) < 4.78 is 5.27. The molecule has 1 aromatic carbocycles.